The molecule has 1 aromatic carbocycles. The number of nitrogens with two attached hydrogens (primary N) is 1. The number of carbonyl (C=O) groups is 2. The second kappa shape index (κ2) is 7.40. The van der Waals surface area contributed by atoms with Crippen molar-refractivity contribution < 1.29 is 14.1 Å². The van der Waals surface area contributed by atoms with Gasteiger partial charge in [-0.15, -0.1) is 0 Å². The Kier molecular flexibility index (Phi) is 5.05. The van der Waals surface area contributed by atoms with Crippen molar-refractivity contribution in [2.75, 3.05) is 11.9 Å². The number of anilines is 1. The molecule has 0 bridgehead atoms. The van der Waals surface area contributed by atoms with Gasteiger partial charge in [0.1, 0.15) is 11.5 Å². The van der Waals surface area contributed by atoms with E-state index in [1.807, 2.05) is 12.1 Å². The van der Waals surface area contributed by atoms with Crippen LogP contribution in [0, 0.1) is 0 Å². The number of rotatable bonds is 8. The number of nitrogens with zero attached hydrogens (tertiary/aromatic N) is 1. The molecule has 1 aliphatic carbocycles. The van der Waals surface area contributed by atoms with Gasteiger partial charge >= 0.3 is 0 Å². The second-order valence-electron chi connectivity index (χ2n) is 6.13. The Morgan fingerprint density at radius 3 is 2.67 bits per heavy atom. The van der Waals surface area contributed by atoms with Crippen LogP contribution in [0.5, 0.6) is 0 Å². The molecule has 1 aromatic heterocycles. The highest BCUT2D eigenvalue weighted by Gasteiger charge is 2.28. The lowest BCUT2D eigenvalue weighted by molar-refractivity contribution is -0.116. The van der Waals surface area contributed by atoms with Crippen LogP contribution in [0.1, 0.15) is 53.4 Å². The summed E-state index contributed by atoms with van der Waals surface area (Å²) in [5.41, 5.74) is 7.35. The molecular formula is C18H21N3O3. The number of carbonyl (C=O) groups excluding carboxylic acids is 2. The van der Waals surface area contributed by atoms with Gasteiger partial charge in [-0.2, -0.15) is 0 Å². The van der Waals surface area contributed by atoms with E-state index >= 15 is 0 Å². The van der Waals surface area contributed by atoms with Gasteiger partial charge in [0.05, 0.1) is 0 Å². The van der Waals surface area contributed by atoms with Gasteiger partial charge in [0, 0.05) is 30.5 Å². The van der Waals surface area contributed by atoms with Gasteiger partial charge in [-0.3, -0.25) is 9.59 Å². The molecule has 24 heavy (non-hydrogen) atoms. The maximum absolute atomic E-state index is 12.2. The van der Waals surface area contributed by atoms with Crippen LogP contribution >= 0.6 is 0 Å². The number of Topliss-reactive ketones (excluding diaryl/α,β-unsaturated/α-hetero) is 1. The Bertz CT molecular complexity index is 717. The Hall–Kier alpha value is -2.47. The monoisotopic (exact) mass is 327 g/mol. The molecule has 6 heteroatoms. The summed E-state index contributed by atoms with van der Waals surface area (Å²) in [6.07, 6.45) is 3.56. The van der Waals surface area contributed by atoms with Crippen molar-refractivity contribution in [3.63, 3.8) is 0 Å². The number of hydrogen-bond acceptors (Lipinski definition) is 5. The minimum Gasteiger partial charge on any atom is -0.360 e. The number of aromatic nitrogens is 1. The smallest absolute Gasteiger partial charge is 0.224 e. The Morgan fingerprint density at radius 2 is 2.00 bits per heavy atom. The predicted octanol–water partition coefficient (Wildman–Crippen LogP) is 2.65. The number of ketones is 1. The van der Waals surface area contributed by atoms with Gasteiger partial charge in [0.15, 0.2) is 5.78 Å². The Morgan fingerprint density at radius 1 is 1.25 bits per heavy atom. The molecule has 1 aliphatic rings. The van der Waals surface area contributed by atoms with Gasteiger partial charge in [0.2, 0.25) is 5.91 Å². The van der Waals surface area contributed by atoms with Crippen molar-refractivity contribution in [2.24, 2.45) is 5.73 Å². The van der Waals surface area contributed by atoms with Crippen LogP contribution in [0.25, 0.3) is 0 Å². The summed E-state index contributed by atoms with van der Waals surface area (Å²) in [5, 5.41) is 6.67. The summed E-state index contributed by atoms with van der Waals surface area (Å²) >= 11 is 0. The van der Waals surface area contributed by atoms with E-state index in [4.69, 9.17) is 10.3 Å². The molecule has 1 saturated carbocycles. The summed E-state index contributed by atoms with van der Waals surface area (Å²) in [6.45, 7) is 0.499. The van der Waals surface area contributed by atoms with Crippen LogP contribution in [-0.2, 0) is 11.2 Å². The lowest BCUT2D eigenvalue weighted by Crippen LogP contribution is -2.13. The number of nitrogens with one attached hydrogen (secondary N) is 1. The van der Waals surface area contributed by atoms with E-state index in [1.165, 1.54) is 0 Å². The molecule has 3 rings (SSSR count). The van der Waals surface area contributed by atoms with Crippen LogP contribution in [0.3, 0.4) is 0 Å². The van der Waals surface area contributed by atoms with Crippen molar-refractivity contribution in [1.82, 2.24) is 5.16 Å². The van der Waals surface area contributed by atoms with E-state index in [0.29, 0.717) is 36.7 Å². The fraction of sp³-hybridized carbons (Fsp3) is 0.389. The van der Waals surface area contributed by atoms with Crippen LogP contribution in [-0.4, -0.2) is 23.4 Å². The molecule has 126 valence electrons. The highest BCUT2D eigenvalue weighted by atomic mass is 16.5. The van der Waals surface area contributed by atoms with Gasteiger partial charge in [-0.05, 0) is 43.5 Å². The minimum atomic E-state index is -0.0645. The first-order valence-corrected chi connectivity index (χ1v) is 8.24. The molecule has 0 saturated heterocycles. The largest absolute Gasteiger partial charge is 0.360 e. The molecule has 3 N–H and O–H groups in total. The first-order valence-electron chi connectivity index (χ1n) is 8.24. The average Bonchev–Trinajstić information content (AvgIpc) is 3.31. The first-order chi connectivity index (χ1) is 11.7. The molecule has 0 spiro atoms. The van der Waals surface area contributed by atoms with Gasteiger partial charge in [-0.1, -0.05) is 17.3 Å². The quantitative estimate of drug-likeness (QED) is 0.726. The molecular weight excluding hydrogens is 306 g/mol. The third-order valence-electron chi connectivity index (χ3n) is 4.00. The summed E-state index contributed by atoms with van der Waals surface area (Å²) < 4.78 is 5.22. The molecule has 0 unspecified atom stereocenters. The maximum Gasteiger partial charge on any atom is 0.224 e. The zero-order valence-corrected chi connectivity index (χ0v) is 13.5. The third-order valence-corrected chi connectivity index (χ3v) is 4.00. The number of benzene rings is 1. The van der Waals surface area contributed by atoms with Crippen molar-refractivity contribution >= 4 is 17.4 Å². The number of hydrogen-bond donors (Lipinski definition) is 2. The predicted molar refractivity (Wildman–Crippen MR) is 89.9 cm³/mol. The summed E-state index contributed by atoms with van der Waals surface area (Å²) in [4.78, 5) is 23.9. The van der Waals surface area contributed by atoms with Crippen molar-refractivity contribution in [1.29, 1.82) is 0 Å². The molecule has 0 aliphatic heterocycles. The second-order valence-corrected chi connectivity index (χ2v) is 6.13. The SMILES string of the molecule is NCCCC(=O)Nc1ccc(CC(=O)c2cc(C3CC3)on2)cc1. The van der Waals surface area contributed by atoms with E-state index in [9.17, 15) is 9.59 Å². The minimum absolute atomic E-state index is 0.0560. The summed E-state index contributed by atoms with van der Waals surface area (Å²) in [7, 11) is 0. The summed E-state index contributed by atoms with van der Waals surface area (Å²) in [6, 6.07) is 9.01. The molecule has 6 nitrogen and oxygen atoms in total. The fourth-order valence-electron chi connectivity index (χ4n) is 2.45. The van der Waals surface area contributed by atoms with Crippen molar-refractivity contribution in [2.45, 2.75) is 38.0 Å². The normalized spacial score (nSPS) is 13.7. The first kappa shape index (κ1) is 16.4. The van der Waals surface area contributed by atoms with Gasteiger partial charge in [-0.25, -0.2) is 0 Å². The lowest BCUT2D eigenvalue weighted by Gasteiger charge is -2.05. The zero-order chi connectivity index (χ0) is 16.9. The highest BCUT2D eigenvalue weighted by Crippen LogP contribution is 2.40. The molecule has 0 radical (unpaired) electrons. The molecule has 0 atom stereocenters. The molecule has 1 amide bonds. The fourth-order valence-corrected chi connectivity index (χ4v) is 2.45. The zero-order valence-electron chi connectivity index (χ0n) is 13.5. The third kappa shape index (κ3) is 4.29. The van der Waals surface area contributed by atoms with E-state index in [-0.39, 0.29) is 18.1 Å². The van der Waals surface area contributed by atoms with Crippen LogP contribution in [0.4, 0.5) is 5.69 Å². The van der Waals surface area contributed by atoms with E-state index < -0.39 is 0 Å². The van der Waals surface area contributed by atoms with Crippen molar-refractivity contribution in [3.05, 3.63) is 47.3 Å². The van der Waals surface area contributed by atoms with E-state index in [0.717, 1.165) is 24.2 Å². The van der Waals surface area contributed by atoms with Crippen LogP contribution < -0.4 is 11.1 Å². The highest BCUT2D eigenvalue weighted by molar-refractivity contribution is 5.96. The van der Waals surface area contributed by atoms with Crippen LogP contribution in [0.2, 0.25) is 0 Å². The van der Waals surface area contributed by atoms with Gasteiger partial charge in [0.25, 0.3) is 0 Å². The molecule has 2 aromatic rings. The van der Waals surface area contributed by atoms with Crippen LogP contribution in [0.15, 0.2) is 34.9 Å². The van der Waals surface area contributed by atoms with E-state index in [2.05, 4.69) is 10.5 Å². The summed E-state index contributed by atoms with van der Waals surface area (Å²) in [5.74, 6) is 1.14. The maximum atomic E-state index is 12.2. The molecule has 1 heterocycles. The van der Waals surface area contributed by atoms with E-state index in [1.54, 1.807) is 18.2 Å². The topological polar surface area (TPSA) is 98.2 Å². The Balaban J connectivity index is 1.54. The molecule has 1 fully saturated rings. The lowest BCUT2D eigenvalue weighted by atomic mass is 10.1. The number of amides is 1. The average molecular weight is 327 g/mol. The van der Waals surface area contributed by atoms with Crippen molar-refractivity contribution in [3.8, 4) is 0 Å². The Labute approximate surface area is 140 Å². The standard InChI is InChI=1S/C18H21N3O3/c19-9-1-2-18(23)20-14-7-3-12(4-8-14)10-16(22)15-11-17(24-21-15)13-5-6-13/h3-4,7-8,11,13H,1-2,5-6,9-10,19H2,(H,20,23). The van der Waals surface area contributed by atoms with Gasteiger partial charge < -0.3 is 15.6 Å².